The second-order valence-electron chi connectivity index (χ2n) is 10.1. The maximum Gasteiger partial charge on any atom is 0.333 e. The number of nitrogens with zero attached hydrogens (tertiary/aromatic N) is 4. The van der Waals surface area contributed by atoms with Crippen molar-refractivity contribution < 1.29 is 4.79 Å². The first-order valence-corrected chi connectivity index (χ1v) is 13.2. The van der Waals surface area contributed by atoms with Crippen LogP contribution in [0.1, 0.15) is 47.3 Å². The molecule has 1 amide bonds. The SMILES string of the molecule is Cc1ncc(Cl)cc1C(=O)N[C@H]1CC[C@H](Cn2c(=O)n(-c3cnc4c(c3)CCN4)c3ccccc32)CC1. The van der Waals surface area contributed by atoms with E-state index < -0.39 is 0 Å². The average molecular weight is 517 g/mol. The van der Waals surface area contributed by atoms with Crippen molar-refractivity contribution in [3.8, 4) is 5.69 Å². The molecule has 0 bridgehead atoms. The summed E-state index contributed by atoms with van der Waals surface area (Å²) in [6.07, 6.45) is 7.87. The molecule has 1 saturated carbocycles. The summed E-state index contributed by atoms with van der Waals surface area (Å²) >= 11 is 6.04. The molecule has 0 atom stereocenters. The molecule has 8 nitrogen and oxygen atoms in total. The molecule has 6 rings (SSSR count). The molecule has 0 unspecified atom stereocenters. The lowest BCUT2D eigenvalue weighted by Crippen LogP contribution is -2.39. The Kier molecular flexibility index (Phi) is 6.20. The number of halogens is 1. The minimum absolute atomic E-state index is 0.0340. The van der Waals surface area contributed by atoms with E-state index in [9.17, 15) is 9.59 Å². The van der Waals surface area contributed by atoms with E-state index in [1.165, 1.54) is 0 Å². The topological polar surface area (TPSA) is 93.8 Å². The summed E-state index contributed by atoms with van der Waals surface area (Å²) in [6, 6.07) is 11.8. The number of nitrogens with one attached hydrogen (secondary N) is 2. The number of carbonyl (C=O) groups is 1. The molecule has 190 valence electrons. The average Bonchev–Trinajstić information content (AvgIpc) is 3.48. The first-order chi connectivity index (χ1) is 18.0. The third kappa shape index (κ3) is 4.50. The van der Waals surface area contributed by atoms with Gasteiger partial charge in [-0.05, 0) is 74.8 Å². The third-order valence-corrected chi connectivity index (χ3v) is 7.86. The fourth-order valence-electron chi connectivity index (χ4n) is 5.67. The highest BCUT2D eigenvalue weighted by Crippen LogP contribution is 2.28. The lowest BCUT2D eigenvalue weighted by atomic mass is 9.85. The van der Waals surface area contributed by atoms with Crippen molar-refractivity contribution in [1.29, 1.82) is 0 Å². The van der Waals surface area contributed by atoms with Gasteiger partial charge in [0.15, 0.2) is 0 Å². The second kappa shape index (κ2) is 9.67. The Balaban J connectivity index is 1.19. The molecule has 2 aliphatic rings. The number of amides is 1. The highest BCUT2D eigenvalue weighted by atomic mass is 35.5. The van der Waals surface area contributed by atoms with Gasteiger partial charge in [0.1, 0.15) is 5.82 Å². The number of aryl methyl sites for hydroxylation is 1. The zero-order valence-electron chi connectivity index (χ0n) is 20.7. The molecule has 1 aliphatic heterocycles. The summed E-state index contributed by atoms with van der Waals surface area (Å²) < 4.78 is 3.69. The van der Waals surface area contributed by atoms with Crippen LogP contribution in [0.2, 0.25) is 5.02 Å². The Bertz CT molecular complexity index is 1550. The highest BCUT2D eigenvalue weighted by molar-refractivity contribution is 6.30. The molecule has 1 aromatic carbocycles. The Labute approximate surface area is 219 Å². The minimum atomic E-state index is -0.131. The van der Waals surface area contributed by atoms with E-state index in [4.69, 9.17) is 11.6 Å². The van der Waals surface area contributed by atoms with Gasteiger partial charge >= 0.3 is 5.69 Å². The van der Waals surface area contributed by atoms with E-state index >= 15 is 0 Å². The Morgan fingerprint density at radius 3 is 2.70 bits per heavy atom. The fraction of sp³-hybridized carbons (Fsp3) is 0.357. The molecule has 4 aromatic rings. The Hall–Kier alpha value is -3.65. The first-order valence-electron chi connectivity index (χ1n) is 12.8. The Morgan fingerprint density at radius 2 is 1.89 bits per heavy atom. The smallest absolute Gasteiger partial charge is 0.333 e. The molecule has 1 aliphatic carbocycles. The van der Waals surface area contributed by atoms with Crippen molar-refractivity contribution in [1.82, 2.24) is 24.4 Å². The van der Waals surface area contributed by atoms with Crippen LogP contribution in [0.4, 0.5) is 5.82 Å². The van der Waals surface area contributed by atoms with E-state index in [1.54, 1.807) is 23.0 Å². The van der Waals surface area contributed by atoms with Crippen molar-refractivity contribution in [2.75, 3.05) is 11.9 Å². The number of hydrogen-bond donors (Lipinski definition) is 2. The van der Waals surface area contributed by atoms with Crippen LogP contribution in [0.15, 0.2) is 53.6 Å². The summed E-state index contributed by atoms with van der Waals surface area (Å²) in [5, 5.41) is 6.89. The van der Waals surface area contributed by atoms with E-state index in [2.05, 4.69) is 26.7 Å². The predicted octanol–water partition coefficient (Wildman–Crippen LogP) is 4.50. The zero-order valence-corrected chi connectivity index (χ0v) is 21.5. The molecule has 9 heteroatoms. The Morgan fingerprint density at radius 1 is 1.11 bits per heavy atom. The van der Waals surface area contributed by atoms with Gasteiger partial charge in [-0.25, -0.2) is 9.78 Å². The number of imidazole rings is 1. The van der Waals surface area contributed by atoms with E-state index in [0.29, 0.717) is 28.7 Å². The quantitative estimate of drug-likeness (QED) is 0.407. The molecule has 0 radical (unpaired) electrons. The lowest BCUT2D eigenvalue weighted by Gasteiger charge is -2.29. The lowest BCUT2D eigenvalue weighted by molar-refractivity contribution is 0.0919. The predicted molar refractivity (Wildman–Crippen MR) is 145 cm³/mol. The number of pyridine rings is 2. The molecule has 4 heterocycles. The van der Waals surface area contributed by atoms with Crippen molar-refractivity contribution in [2.45, 2.75) is 51.6 Å². The van der Waals surface area contributed by atoms with Gasteiger partial charge in [0.2, 0.25) is 0 Å². The summed E-state index contributed by atoms with van der Waals surface area (Å²) in [6.45, 7) is 3.34. The fourth-order valence-corrected chi connectivity index (χ4v) is 5.83. The molecule has 1 fully saturated rings. The van der Waals surface area contributed by atoms with Gasteiger partial charge in [-0.1, -0.05) is 23.7 Å². The molecule has 2 N–H and O–H groups in total. The summed E-state index contributed by atoms with van der Waals surface area (Å²) in [7, 11) is 0. The number of carbonyl (C=O) groups excluding carboxylic acids is 1. The molecular weight excluding hydrogens is 488 g/mol. The number of anilines is 1. The van der Waals surface area contributed by atoms with Crippen molar-refractivity contribution in [2.24, 2.45) is 5.92 Å². The maximum atomic E-state index is 13.7. The standard InChI is InChI=1S/C28H29ClN6O2/c1-17-23(13-20(29)14-31-17)27(36)33-21-8-6-18(7-9-21)16-34-24-4-2-3-5-25(24)35(28(34)37)22-12-19-10-11-30-26(19)32-15-22/h2-5,12-15,18,21H,6-11,16H2,1H3,(H,30,32)(H,33,36)/t18-,21-. The van der Waals surface area contributed by atoms with Crippen LogP contribution < -0.4 is 16.3 Å². The molecule has 37 heavy (non-hydrogen) atoms. The molecule has 0 saturated heterocycles. The van der Waals surface area contributed by atoms with E-state index in [1.807, 2.05) is 35.8 Å². The van der Waals surface area contributed by atoms with Gasteiger partial charge in [0, 0.05) is 25.3 Å². The van der Waals surface area contributed by atoms with Crippen LogP contribution in [-0.2, 0) is 13.0 Å². The van der Waals surface area contributed by atoms with Crippen LogP contribution in [0.5, 0.6) is 0 Å². The summed E-state index contributed by atoms with van der Waals surface area (Å²) in [5.74, 6) is 1.14. The van der Waals surface area contributed by atoms with Crippen molar-refractivity contribution in [3.63, 3.8) is 0 Å². The number of aromatic nitrogens is 4. The van der Waals surface area contributed by atoms with Crippen LogP contribution >= 0.6 is 11.6 Å². The van der Waals surface area contributed by atoms with Crippen molar-refractivity contribution in [3.05, 3.63) is 81.1 Å². The zero-order chi connectivity index (χ0) is 25.5. The maximum absolute atomic E-state index is 13.7. The number of para-hydroxylation sites is 2. The first kappa shape index (κ1) is 23.7. The minimum Gasteiger partial charge on any atom is -0.370 e. The third-order valence-electron chi connectivity index (χ3n) is 7.65. The molecule has 3 aromatic heterocycles. The van der Waals surface area contributed by atoms with Crippen molar-refractivity contribution >= 4 is 34.4 Å². The van der Waals surface area contributed by atoms with Gasteiger partial charge in [0.05, 0.1) is 39.2 Å². The van der Waals surface area contributed by atoms with Crippen LogP contribution in [0.3, 0.4) is 0 Å². The molecular formula is C28H29ClN6O2. The monoisotopic (exact) mass is 516 g/mol. The largest absolute Gasteiger partial charge is 0.370 e. The second-order valence-corrected chi connectivity index (χ2v) is 10.5. The van der Waals surface area contributed by atoms with Gasteiger partial charge in [-0.3, -0.25) is 18.9 Å². The van der Waals surface area contributed by atoms with Crippen LogP contribution in [0, 0.1) is 12.8 Å². The van der Waals surface area contributed by atoms with Gasteiger partial charge in [-0.15, -0.1) is 0 Å². The highest BCUT2D eigenvalue weighted by Gasteiger charge is 2.26. The number of benzene rings is 1. The normalized spacial score (nSPS) is 19.0. The van der Waals surface area contributed by atoms with Gasteiger partial charge < -0.3 is 10.6 Å². The number of hydrogen-bond acceptors (Lipinski definition) is 5. The number of rotatable bonds is 5. The number of fused-ring (bicyclic) bond motifs is 2. The van der Waals surface area contributed by atoms with Crippen LogP contribution in [0.25, 0.3) is 16.7 Å². The van der Waals surface area contributed by atoms with Crippen LogP contribution in [-0.4, -0.2) is 37.6 Å². The summed E-state index contributed by atoms with van der Waals surface area (Å²) in [5.41, 5.74) is 4.93. The van der Waals surface area contributed by atoms with E-state index in [0.717, 1.165) is 66.8 Å². The van der Waals surface area contributed by atoms with Gasteiger partial charge in [-0.2, -0.15) is 0 Å². The summed E-state index contributed by atoms with van der Waals surface area (Å²) in [4.78, 5) is 35.2. The van der Waals surface area contributed by atoms with E-state index in [-0.39, 0.29) is 17.6 Å². The van der Waals surface area contributed by atoms with Gasteiger partial charge in [0.25, 0.3) is 5.91 Å². The molecule has 0 spiro atoms.